The van der Waals surface area contributed by atoms with Crippen molar-refractivity contribution in [1.29, 1.82) is 0 Å². The minimum Gasteiger partial charge on any atom is -0.503 e. The minimum atomic E-state index is -0.737. The van der Waals surface area contributed by atoms with E-state index >= 15 is 0 Å². The van der Waals surface area contributed by atoms with Crippen LogP contribution in [0.25, 0.3) is 10.9 Å². The first-order chi connectivity index (χ1) is 11.9. The van der Waals surface area contributed by atoms with Crippen molar-refractivity contribution >= 4 is 10.9 Å². The number of rotatable bonds is 8. The number of pyridine rings is 1. The summed E-state index contributed by atoms with van der Waals surface area (Å²) >= 11 is 0. The molecule has 0 amide bonds. The van der Waals surface area contributed by atoms with Gasteiger partial charge in [-0.1, -0.05) is 57.5 Å². The third kappa shape index (κ3) is 4.10. The number of unbranched alkanes of at least 4 members (excludes halogenated alkanes) is 6. The van der Waals surface area contributed by atoms with Gasteiger partial charge in [0.2, 0.25) is 5.43 Å². The molecule has 0 atom stereocenters. The molecule has 114 valence electrons. The second kappa shape index (κ2) is 7.87. The average Bonchev–Trinajstić information content (AvgIpc) is 2.60. The molecule has 0 unspecified atom stereocenters. The summed E-state index contributed by atoms with van der Waals surface area (Å²) < 4.78 is 31.2. The molecule has 1 aromatic carbocycles. The van der Waals surface area contributed by atoms with E-state index in [-0.39, 0.29) is 23.0 Å². The summed E-state index contributed by atoms with van der Waals surface area (Å²) in [4.78, 5) is 15.2. The van der Waals surface area contributed by atoms with Crippen molar-refractivity contribution in [3.05, 3.63) is 40.1 Å². The third-order valence-electron chi connectivity index (χ3n) is 3.72. The average molecular weight is 291 g/mol. The highest BCUT2D eigenvalue weighted by Gasteiger charge is 2.09. The number of nitrogens with one attached hydrogen (secondary N) is 1. The lowest BCUT2D eigenvalue weighted by Crippen LogP contribution is -2.07. The van der Waals surface area contributed by atoms with Gasteiger partial charge in [0.25, 0.3) is 0 Å². The van der Waals surface area contributed by atoms with Crippen LogP contribution in [-0.2, 0) is 6.42 Å². The van der Waals surface area contributed by atoms with Crippen LogP contribution in [0.4, 0.5) is 0 Å². The van der Waals surface area contributed by atoms with Gasteiger partial charge in [0, 0.05) is 10.9 Å². The molecule has 0 saturated carbocycles. The van der Waals surface area contributed by atoms with Crippen LogP contribution in [0.5, 0.6) is 5.75 Å². The fourth-order valence-electron chi connectivity index (χ4n) is 2.48. The van der Waals surface area contributed by atoms with E-state index in [2.05, 4.69) is 11.9 Å². The van der Waals surface area contributed by atoms with Crippen LogP contribution in [0.1, 0.15) is 63.0 Å². The molecule has 2 aromatic rings. The smallest absolute Gasteiger partial charge is 0.231 e. The second-order valence-electron chi connectivity index (χ2n) is 5.40. The Hall–Kier alpha value is -1.77. The standard InChI is InChI=1S/C18H25NO2/c1-2-3-4-5-6-7-8-13-16-18(21)17(20)14-11-9-10-12-15(14)19-16/h9-12,21H,2-8,13H2,1H3,(H,19,20)/i9D,10D,11D,12D. The van der Waals surface area contributed by atoms with E-state index in [1.54, 1.807) is 0 Å². The molecule has 21 heavy (non-hydrogen) atoms. The number of hydrogen-bond acceptors (Lipinski definition) is 2. The maximum Gasteiger partial charge on any atom is 0.231 e. The SMILES string of the molecule is [2H]c1c([2H])c([2H])c2c(=O)c(O)c(CCCCCCCCC)[nH]c2c1[2H]. The zero-order valence-corrected chi connectivity index (χ0v) is 12.5. The van der Waals surface area contributed by atoms with Crippen molar-refractivity contribution in [2.45, 2.75) is 58.3 Å². The largest absolute Gasteiger partial charge is 0.503 e. The Bertz CT molecular complexity index is 817. The first-order valence-electron chi connectivity index (χ1n) is 9.74. The van der Waals surface area contributed by atoms with Gasteiger partial charge in [-0.2, -0.15) is 0 Å². The predicted octanol–water partition coefficient (Wildman–Crippen LogP) is 4.53. The van der Waals surface area contributed by atoms with Crippen LogP contribution in [0.2, 0.25) is 0 Å². The summed E-state index contributed by atoms with van der Waals surface area (Å²) in [7, 11) is 0. The van der Waals surface area contributed by atoms with Gasteiger partial charge in [-0.3, -0.25) is 4.79 Å². The first-order valence-corrected chi connectivity index (χ1v) is 7.74. The number of aromatic hydroxyl groups is 1. The monoisotopic (exact) mass is 291 g/mol. The Morgan fingerprint density at radius 1 is 1.10 bits per heavy atom. The number of aromatic amines is 1. The second-order valence-corrected chi connectivity index (χ2v) is 5.40. The van der Waals surface area contributed by atoms with E-state index in [1.807, 2.05) is 0 Å². The van der Waals surface area contributed by atoms with Crippen LogP contribution in [0.3, 0.4) is 0 Å². The molecule has 0 aliphatic rings. The summed E-state index contributed by atoms with van der Waals surface area (Å²) in [6, 6.07) is -1.56. The zero-order valence-electron chi connectivity index (χ0n) is 16.5. The maximum absolute atomic E-state index is 12.4. The topological polar surface area (TPSA) is 53.1 Å². The van der Waals surface area contributed by atoms with Gasteiger partial charge in [0.05, 0.1) is 11.2 Å². The number of aryl methyl sites for hydroxylation is 1. The molecule has 0 bridgehead atoms. The number of hydrogen-bond donors (Lipinski definition) is 2. The quantitative estimate of drug-likeness (QED) is 0.702. The first kappa shape index (κ1) is 10.9. The highest BCUT2D eigenvalue weighted by Crippen LogP contribution is 2.18. The van der Waals surface area contributed by atoms with Crippen LogP contribution < -0.4 is 5.43 Å². The summed E-state index contributed by atoms with van der Waals surface area (Å²) in [5, 5.41) is 9.96. The van der Waals surface area contributed by atoms with Crippen molar-refractivity contribution in [1.82, 2.24) is 4.98 Å². The molecule has 0 aliphatic heterocycles. The van der Waals surface area contributed by atoms with Gasteiger partial charge in [-0.25, -0.2) is 0 Å². The van der Waals surface area contributed by atoms with E-state index in [1.165, 1.54) is 25.7 Å². The lowest BCUT2D eigenvalue weighted by atomic mass is 10.1. The van der Waals surface area contributed by atoms with Gasteiger partial charge in [0.1, 0.15) is 0 Å². The molecule has 2 N–H and O–H groups in total. The fraction of sp³-hybridized carbons (Fsp3) is 0.500. The highest BCUT2D eigenvalue weighted by molar-refractivity contribution is 5.79. The minimum absolute atomic E-state index is 0.0618. The van der Waals surface area contributed by atoms with Crippen molar-refractivity contribution in [2.75, 3.05) is 0 Å². The molecule has 3 nitrogen and oxygen atoms in total. The van der Waals surface area contributed by atoms with Crippen molar-refractivity contribution in [2.24, 2.45) is 0 Å². The molecular weight excluding hydrogens is 262 g/mol. The molecule has 0 fully saturated rings. The lowest BCUT2D eigenvalue weighted by molar-refractivity contribution is 0.458. The molecule has 1 aromatic heterocycles. The molecule has 0 radical (unpaired) electrons. The maximum atomic E-state index is 12.4. The fourth-order valence-corrected chi connectivity index (χ4v) is 2.48. The van der Waals surface area contributed by atoms with Gasteiger partial charge in [0.15, 0.2) is 5.75 Å². The van der Waals surface area contributed by atoms with E-state index in [9.17, 15) is 9.90 Å². The Morgan fingerprint density at radius 3 is 2.52 bits per heavy atom. The normalized spacial score (nSPS) is 13.8. The van der Waals surface area contributed by atoms with Crippen LogP contribution >= 0.6 is 0 Å². The number of fused-ring (bicyclic) bond motifs is 1. The molecular formula is C18H25NO2. The highest BCUT2D eigenvalue weighted by atomic mass is 16.3. The molecule has 0 spiro atoms. The summed E-state index contributed by atoms with van der Waals surface area (Å²) in [6.07, 6.45) is 8.26. The van der Waals surface area contributed by atoms with Gasteiger partial charge < -0.3 is 10.1 Å². The summed E-state index contributed by atoms with van der Waals surface area (Å²) in [5.74, 6) is -0.441. The Labute approximate surface area is 131 Å². The van der Waals surface area contributed by atoms with Gasteiger partial charge in [-0.05, 0) is 24.9 Å². The number of para-hydroxylation sites is 1. The molecule has 0 aliphatic carbocycles. The zero-order chi connectivity index (χ0) is 18.6. The predicted molar refractivity (Wildman–Crippen MR) is 87.9 cm³/mol. The van der Waals surface area contributed by atoms with Crippen LogP contribution in [0.15, 0.2) is 29.0 Å². The van der Waals surface area contributed by atoms with E-state index in [0.29, 0.717) is 12.1 Å². The van der Waals surface area contributed by atoms with E-state index in [0.717, 1.165) is 19.3 Å². The van der Waals surface area contributed by atoms with Crippen molar-refractivity contribution in [3.63, 3.8) is 0 Å². The van der Waals surface area contributed by atoms with Crippen LogP contribution in [0, 0.1) is 0 Å². The van der Waals surface area contributed by atoms with Crippen LogP contribution in [-0.4, -0.2) is 10.1 Å². The molecule has 3 heteroatoms. The van der Waals surface area contributed by atoms with Crippen molar-refractivity contribution < 1.29 is 10.6 Å². The summed E-state index contributed by atoms with van der Waals surface area (Å²) in [5.41, 5.74) is -0.332. The van der Waals surface area contributed by atoms with Crippen molar-refractivity contribution in [3.8, 4) is 5.75 Å². The molecule has 0 saturated heterocycles. The molecule has 2 rings (SSSR count). The van der Waals surface area contributed by atoms with Gasteiger partial charge in [-0.15, -0.1) is 0 Å². The molecule has 1 heterocycles. The number of aromatic nitrogens is 1. The lowest BCUT2D eigenvalue weighted by Gasteiger charge is -2.07. The Morgan fingerprint density at radius 2 is 1.76 bits per heavy atom. The van der Waals surface area contributed by atoms with E-state index < -0.39 is 23.3 Å². The summed E-state index contributed by atoms with van der Waals surface area (Å²) in [6.45, 7) is 2.17. The Kier molecular flexibility index (Phi) is 4.08. The number of H-pyrrole nitrogens is 1. The third-order valence-corrected chi connectivity index (χ3v) is 3.72. The van der Waals surface area contributed by atoms with Gasteiger partial charge >= 0.3 is 0 Å². The Balaban J connectivity index is 2.22. The van der Waals surface area contributed by atoms with E-state index in [4.69, 9.17) is 5.48 Å². The number of benzene rings is 1.